The molecule has 0 atom stereocenters. The Hall–Kier alpha value is -1.51. The van der Waals surface area contributed by atoms with Crippen molar-refractivity contribution < 1.29 is 9.53 Å². The number of amides is 1. The van der Waals surface area contributed by atoms with E-state index in [-0.39, 0.29) is 6.61 Å². The van der Waals surface area contributed by atoms with Crippen molar-refractivity contribution in [2.75, 3.05) is 6.61 Å². The maximum atomic E-state index is 10.3. The van der Waals surface area contributed by atoms with Gasteiger partial charge in [0, 0.05) is 0 Å². The van der Waals surface area contributed by atoms with Crippen LogP contribution in [0.3, 0.4) is 0 Å². The van der Waals surface area contributed by atoms with Gasteiger partial charge in [-0.25, -0.2) is 0 Å². The number of hydrogen-bond donors (Lipinski definition) is 1. The molecule has 0 aliphatic carbocycles. The molecular weight excluding hydrogens is 214 g/mol. The Morgan fingerprint density at radius 1 is 1.12 bits per heavy atom. The van der Waals surface area contributed by atoms with Crippen LogP contribution >= 0.6 is 0 Å². The van der Waals surface area contributed by atoms with Crippen LogP contribution in [0, 0.1) is 0 Å². The molecule has 0 radical (unpaired) electrons. The minimum atomic E-state index is -0.464. The monoisotopic (exact) mass is 237 g/mol. The van der Waals surface area contributed by atoms with Crippen molar-refractivity contribution >= 4 is 5.91 Å². The van der Waals surface area contributed by atoms with E-state index >= 15 is 0 Å². The number of primary amides is 1. The second-order valence-corrected chi connectivity index (χ2v) is 3.78. The maximum absolute atomic E-state index is 10.3. The van der Waals surface area contributed by atoms with Crippen molar-refractivity contribution in [1.29, 1.82) is 0 Å². The van der Waals surface area contributed by atoms with Crippen LogP contribution in [-0.4, -0.2) is 12.5 Å². The third kappa shape index (κ3) is 10.8. The molecule has 1 aromatic rings. The van der Waals surface area contributed by atoms with Crippen LogP contribution in [-0.2, 0) is 4.79 Å². The number of para-hydroxylation sites is 1. The SMILES string of the molecule is CCCCCC.NC(=O)COc1ccccc1. The van der Waals surface area contributed by atoms with Crippen LogP contribution in [0.2, 0.25) is 0 Å². The Bertz CT molecular complexity index is 282. The third-order valence-corrected chi connectivity index (χ3v) is 2.08. The number of rotatable bonds is 6. The van der Waals surface area contributed by atoms with Gasteiger partial charge in [-0.15, -0.1) is 0 Å². The van der Waals surface area contributed by atoms with Crippen LogP contribution in [0.25, 0.3) is 0 Å². The summed E-state index contributed by atoms with van der Waals surface area (Å²) in [5.41, 5.74) is 4.88. The summed E-state index contributed by atoms with van der Waals surface area (Å²) >= 11 is 0. The predicted octanol–water partition coefficient (Wildman–Crippen LogP) is 3.14. The molecule has 0 aliphatic heterocycles. The van der Waals surface area contributed by atoms with Gasteiger partial charge in [0.05, 0.1) is 0 Å². The maximum Gasteiger partial charge on any atom is 0.255 e. The average Bonchev–Trinajstić information content (AvgIpc) is 2.36. The average molecular weight is 237 g/mol. The molecule has 96 valence electrons. The van der Waals surface area contributed by atoms with Crippen molar-refractivity contribution in [2.24, 2.45) is 5.73 Å². The fraction of sp³-hybridized carbons (Fsp3) is 0.500. The fourth-order valence-corrected chi connectivity index (χ4v) is 1.17. The molecule has 3 heteroatoms. The molecule has 1 rings (SSSR count). The molecule has 0 unspecified atom stereocenters. The highest BCUT2D eigenvalue weighted by atomic mass is 16.5. The quantitative estimate of drug-likeness (QED) is 0.773. The van der Waals surface area contributed by atoms with E-state index in [0.717, 1.165) is 0 Å². The Morgan fingerprint density at radius 3 is 2.06 bits per heavy atom. The zero-order valence-corrected chi connectivity index (χ0v) is 10.8. The largest absolute Gasteiger partial charge is 0.484 e. The molecular formula is C14H23NO2. The molecule has 1 aromatic carbocycles. The molecule has 1 amide bonds. The van der Waals surface area contributed by atoms with E-state index in [2.05, 4.69) is 13.8 Å². The van der Waals surface area contributed by atoms with E-state index in [4.69, 9.17) is 10.5 Å². The van der Waals surface area contributed by atoms with Crippen molar-refractivity contribution in [3.8, 4) is 5.75 Å². The van der Waals surface area contributed by atoms with Crippen LogP contribution < -0.4 is 10.5 Å². The smallest absolute Gasteiger partial charge is 0.255 e. The van der Waals surface area contributed by atoms with Crippen LogP contribution in [0.4, 0.5) is 0 Å². The Labute approximate surface area is 104 Å². The molecule has 0 saturated heterocycles. The topological polar surface area (TPSA) is 52.3 Å². The van der Waals surface area contributed by atoms with E-state index in [1.807, 2.05) is 18.2 Å². The number of nitrogens with two attached hydrogens (primary N) is 1. The zero-order chi connectivity index (χ0) is 12.9. The van der Waals surface area contributed by atoms with E-state index in [0.29, 0.717) is 5.75 Å². The van der Waals surface area contributed by atoms with E-state index in [1.165, 1.54) is 25.7 Å². The van der Waals surface area contributed by atoms with Crippen LogP contribution in [0.5, 0.6) is 5.75 Å². The lowest BCUT2D eigenvalue weighted by atomic mass is 10.2. The van der Waals surface area contributed by atoms with Gasteiger partial charge in [0.2, 0.25) is 0 Å². The summed E-state index contributed by atoms with van der Waals surface area (Å²) in [4.78, 5) is 10.3. The first-order valence-electron chi connectivity index (χ1n) is 6.16. The van der Waals surface area contributed by atoms with Gasteiger partial charge < -0.3 is 10.5 Å². The van der Waals surface area contributed by atoms with Gasteiger partial charge >= 0.3 is 0 Å². The summed E-state index contributed by atoms with van der Waals surface area (Å²) in [6, 6.07) is 9.07. The predicted molar refractivity (Wildman–Crippen MR) is 70.9 cm³/mol. The molecule has 0 heterocycles. The minimum Gasteiger partial charge on any atom is -0.484 e. The standard InChI is InChI=1S/C8H9NO2.C6H14/c9-8(10)6-11-7-4-2-1-3-5-7;1-3-5-6-4-2/h1-5H,6H2,(H2,9,10);3-6H2,1-2H3. The number of carbonyl (C=O) groups excluding carboxylic acids is 1. The van der Waals surface area contributed by atoms with Gasteiger partial charge in [0.15, 0.2) is 6.61 Å². The molecule has 17 heavy (non-hydrogen) atoms. The molecule has 0 aromatic heterocycles. The van der Waals surface area contributed by atoms with E-state index < -0.39 is 5.91 Å². The molecule has 0 saturated carbocycles. The van der Waals surface area contributed by atoms with Gasteiger partial charge in [-0.3, -0.25) is 4.79 Å². The van der Waals surface area contributed by atoms with Gasteiger partial charge in [-0.05, 0) is 12.1 Å². The Balaban J connectivity index is 0.000000366. The van der Waals surface area contributed by atoms with E-state index in [9.17, 15) is 4.79 Å². The summed E-state index contributed by atoms with van der Waals surface area (Å²) < 4.78 is 4.99. The fourth-order valence-electron chi connectivity index (χ4n) is 1.17. The summed E-state index contributed by atoms with van der Waals surface area (Å²) in [5, 5.41) is 0. The van der Waals surface area contributed by atoms with Gasteiger partial charge in [-0.1, -0.05) is 57.7 Å². The second kappa shape index (κ2) is 11.0. The first-order valence-corrected chi connectivity index (χ1v) is 6.16. The lowest BCUT2D eigenvalue weighted by molar-refractivity contribution is -0.119. The van der Waals surface area contributed by atoms with Gasteiger partial charge in [0.25, 0.3) is 5.91 Å². The van der Waals surface area contributed by atoms with Gasteiger partial charge in [-0.2, -0.15) is 0 Å². The molecule has 0 fully saturated rings. The zero-order valence-electron chi connectivity index (χ0n) is 10.8. The molecule has 0 spiro atoms. The van der Waals surface area contributed by atoms with Crippen molar-refractivity contribution in [2.45, 2.75) is 39.5 Å². The Morgan fingerprint density at radius 2 is 1.65 bits per heavy atom. The summed E-state index contributed by atoms with van der Waals surface area (Å²) in [6.07, 6.45) is 5.54. The number of hydrogen-bond acceptors (Lipinski definition) is 2. The molecule has 2 N–H and O–H groups in total. The van der Waals surface area contributed by atoms with E-state index in [1.54, 1.807) is 12.1 Å². The van der Waals surface area contributed by atoms with Crippen molar-refractivity contribution in [3.05, 3.63) is 30.3 Å². The first kappa shape index (κ1) is 15.5. The number of ether oxygens (including phenoxy) is 1. The summed E-state index contributed by atoms with van der Waals surface area (Å²) in [6.45, 7) is 4.40. The summed E-state index contributed by atoms with van der Waals surface area (Å²) in [5.74, 6) is 0.195. The number of benzene rings is 1. The lowest BCUT2D eigenvalue weighted by Crippen LogP contribution is -2.19. The summed E-state index contributed by atoms with van der Waals surface area (Å²) in [7, 11) is 0. The third-order valence-electron chi connectivity index (χ3n) is 2.08. The normalized spacial score (nSPS) is 9.06. The van der Waals surface area contributed by atoms with Crippen molar-refractivity contribution in [1.82, 2.24) is 0 Å². The molecule has 3 nitrogen and oxygen atoms in total. The van der Waals surface area contributed by atoms with Crippen LogP contribution in [0.1, 0.15) is 39.5 Å². The van der Waals surface area contributed by atoms with Crippen molar-refractivity contribution in [3.63, 3.8) is 0 Å². The molecule has 0 bridgehead atoms. The number of carbonyl (C=O) groups is 1. The minimum absolute atomic E-state index is 0.0655. The number of unbranched alkanes of at least 4 members (excludes halogenated alkanes) is 3. The molecule has 0 aliphatic rings. The first-order chi connectivity index (χ1) is 8.20. The highest BCUT2D eigenvalue weighted by Crippen LogP contribution is 2.07. The highest BCUT2D eigenvalue weighted by molar-refractivity contribution is 5.75. The second-order valence-electron chi connectivity index (χ2n) is 3.78. The highest BCUT2D eigenvalue weighted by Gasteiger charge is 1.94. The lowest BCUT2D eigenvalue weighted by Gasteiger charge is -2.00. The van der Waals surface area contributed by atoms with Crippen LogP contribution in [0.15, 0.2) is 30.3 Å². The Kier molecular flexibility index (Phi) is 10.0. The van der Waals surface area contributed by atoms with Gasteiger partial charge in [0.1, 0.15) is 5.75 Å².